The molecule has 11 N–H and O–H groups in total. The minimum Gasteiger partial charge on any atom is -0.368 e. The summed E-state index contributed by atoms with van der Waals surface area (Å²) in [6, 6.07) is 46.4. The second-order valence-electron chi connectivity index (χ2n) is 35.1. The number of amides is 12. The summed E-state index contributed by atoms with van der Waals surface area (Å²) in [5.74, 6) is -8.35. The van der Waals surface area contributed by atoms with Gasteiger partial charge in [0, 0.05) is 59.8 Å². The fraction of sp³-hybridized carbons (Fsp3) is 0.423. The van der Waals surface area contributed by atoms with Gasteiger partial charge in [-0.15, -0.1) is 0 Å². The third-order valence-electron chi connectivity index (χ3n) is 25.4. The van der Waals surface area contributed by atoms with E-state index in [0.717, 1.165) is 6.42 Å². The molecule has 0 saturated carbocycles. The normalized spacial score (nSPS) is 12.9. The predicted octanol–water partition coefficient (Wildman–Crippen LogP) is 15.4. The first-order chi connectivity index (χ1) is 67.2. The van der Waals surface area contributed by atoms with Gasteiger partial charge in [-0.1, -0.05) is 190 Å². The number of hydrogen-bond donors (Lipinski definition) is 6. The van der Waals surface area contributed by atoms with Crippen molar-refractivity contribution in [3.63, 3.8) is 0 Å². The van der Waals surface area contributed by atoms with E-state index in [0.29, 0.717) is 130 Å². The molecule has 8 aromatic carbocycles. The van der Waals surface area contributed by atoms with Crippen molar-refractivity contribution in [2.45, 2.75) is 155 Å². The monoisotopic (exact) mass is 2090 g/mol. The number of nitrogens with two attached hydrogens (primary N) is 5. The lowest BCUT2D eigenvalue weighted by molar-refractivity contribution is -0.152. The Balaban J connectivity index is 1.15. The summed E-state index contributed by atoms with van der Waals surface area (Å²) in [7, 11) is 0. The van der Waals surface area contributed by atoms with Gasteiger partial charge in [0.1, 0.15) is 45.8 Å². The molecule has 0 bridgehead atoms. The maximum absolute atomic E-state index is 16.2. The lowest BCUT2D eigenvalue weighted by Crippen LogP contribution is -2.54. The molecule has 0 aliphatic rings. The van der Waals surface area contributed by atoms with Crippen molar-refractivity contribution in [1.29, 1.82) is 0 Å². The summed E-state index contributed by atoms with van der Waals surface area (Å²) in [6.07, 6.45) is 3.43. The van der Waals surface area contributed by atoms with Crippen molar-refractivity contribution in [2.75, 3.05) is 131 Å². The van der Waals surface area contributed by atoms with E-state index in [9.17, 15) is 14.4 Å². The molecule has 760 valence electrons. The highest BCUT2D eigenvalue weighted by molar-refractivity contribution is 6.32. The zero-order chi connectivity index (χ0) is 103. The second kappa shape index (κ2) is 58.3. The third-order valence-corrected chi connectivity index (χ3v) is 27.4. The first kappa shape index (κ1) is 116. The van der Waals surface area contributed by atoms with Crippen molar-refractivity contribution in [3.8, 4) is 0 Å². The highest BCUT2D eigenvalue weighted by atomic mass is 35.5. The minimum absolute atomic E-state index is 0.0467. The molecular formula is C104H131Cl8N17O12. The number of primary amides is 1. The lowest BCUT2D eigenvalue weighted by atomic mass is 10.0. The van der Waals surface area contributed by atoms with Crippen LogP contribution in [0.1, 0.15) is 200 Å². The number of benzene rings is 8. The number of nitrogens with zero attached hydrogens (tertiary/aromatic N) is 11. The fourth-order valence-corrected chi connectivity index (χ4v) is 17.4. The van der Waals surface area contributed by atoms with Gasteiger partial charge in [-0.3, -0.25) is 57.5 Å². The highest BCUT2D eigenvalue weighted by Crippen LogP contribution is 2.34. The maximum atomic E-state index is 16.2. The van der Waals surface area contributed by atoms with Crippen molar-refractivity contribution >= 4 is 164 Å². The van der Waals surface area contributed by atoms with Crippen molar-refractivity contribution in [2.24, 2.45) is 28.7 Å². The van der Waals surface area contributed by atoms with E-state index in [2.05, 4.69) is 5.32 Å². The average Bonchev–Trinajstić information content (AvgIpc) is 0.821. The fourth-order valence-electron chi connectivity index (χ4n) is 16.4. The zero-order valence-corrected chi connectivity index (χ0v) is 87.2. The van der Waals surface area contributed by atoms with Gasteiger partial charge in [0.2, 0.25) is 70.9 Å². The Bertz CT molecular complexity index is 5370. The molecule has 0 aliphatic heterocycles. The number of unbranched alkanes of at least 4 members (excludes halogenated alkanes) is 4. The Hall–Kier alpha value is -10.5. The summed E-state index contributed by atoms with van der Waals surface area (Å²) in [6.45, 7) is 7.80. The molecule has 0 aliphatic carbocycles. The molecule has 0 spiro atoms. The molecule has 0 unspecified atom stereocenters. The minimum atomic E-state index is -0.980. The first-order valence-electron chi connectivity index (χ1n) is 47.3. The molecule has 8 atom stereocenters. The van der Waals surface area contributed by atoms with Crippen LogP contribution in [0.4, 0.5) is 0 Å². The molecule has 8 aromatic rings. The largest absolute Gasteiger partial charge is 0.368 e. The second-order valence-corrected chi connectivity index (χ2v) is 38.6. The quantitative estimate of drug-likeness (QED) is 0.0193. The average molecular weight is 2090 g/mol. The van der Waals surface area contributed by atoms with E-state index < -0.39 is 191 Å². The van der Waals surface area contributed by atoms with Crippen molar-refractivity contribution in [3.05, 3.63) is 279 Å². The summed E-state index contributed by atoms with van der Waals surface area (Å²) in [4.78, 5) is 199. The Labute approximate surface area is 867 Å². The molecule has 29 nitrogen and oxygen atoms in total. The van der Waals surface area contributed by atoms with Gasteiger partial charge in [0.05, 0.1) is 81.1 Å². The van der Waals surface area contributed by atoms with Gasteiger partial charge >= 0.3 is 0 Å². The van der Waals surface area contributed by atoms with Crippen LogP contribution in [0.25, 0.3) is 0 Å². The van der Waals surface area contributed by atoms with E-state index in [1.807, 2.05) is 0 Å². The van der Waals surface area contributed by atoms with Crippen molar-refractivity contribution in [1.82, 2.24) is 59.2 Å². The van der Waals surface area contributed by atoms with Crippen molar-refractivity contribution < 1.29 is 57.5 Å². The molecule has 0 radical (unpaired) electrons. The van der Waals surface area contributed by atoms with Gasteiger partial charge in [-0.05, 0) is 281 Å². The van der Waals surface area contributed by atoms with Crippen LogP contribution in [0.5, 0.6) is 0 Å². The molecule has 141 heavy (non-hydrogen) atoms. The summed E-state index contributed by atoms with van der Waals surface area (Å²) in [5.41, 5.74) is 34.4. The number of halogens is 8. The first-order valence-corrected chi connectivity index (χ1v) is 50.3. The van der Waals surface area contributed by atoms with Crippen LogP contribution in [-0.4, -0.2) is 256 Å². The third kappa shape index (κ3) is 35.5. The zero-order valence-electron chi connectivity index (χ0n) is 81.1. The molecule has 0 heterocycles. The van der Waals surface area contributed by atoms with E-state index in [1.54, 1.807) is 250 Å². The molecule has 0 fully saturated rings. The van der Waals surface area contributed by atoms with E-state index in [4.69, 9.17) is 121 Å². The van der Waals surface area contributed by atoms with Crippen LogP contribution >= 0.6 is 92.8 Å². The SMILES string of the molecule is C[C@H](c1ccc(Cl)cc1)N(CC(N)=O)C(=O)CN(C(=O)CN(CCCCN)C(=O)CN(C(=O)CN(C(=O)CN(CCCCN)C(=O)CN(C(=O)CN(C(=O)CN(CCCCN)C(=O)CN(C(=O)CN(C(=O)CNCCCCN)[C@H](C)c1ccc(Cl)cc1)[C@H](C)c1ccc(Cl)cc1)[C@H](C)c1ccc(Cl)cc1)[C@H](C)c1ccc(Cl)cc1)[C@H](C)c1ccc(Cl)cc1)[C@H](C)c1ccc(Cl)cc1)[C@H](C)c1ccc(Cl)cc1. The van der Waals surface area contributed by atoms with Crippen LogP contribution in [0, 0.1) is 0 Å². The van der Waals surface area contributed by atoms with Crippen LogP contribution in [0.3, 0.4) is 0 Å². The predicted molar refractivity (Wildman–Crippen MR) is 558 cm³/mol. The number of carbonyl (C=O) groups is 12. The Kier molecular flexibility index (Phi) is 47.9. The molecule has 12 amide bonds. The summed E-state index contributed by atoms with van der Waals surface area (Å²) >= 11 is 51.5. The molecule has 37 heteroatoms. The van der Waals surface area contributed by atoms with Gasteiger partial charge in [-0.2, -0.15) is 0 Å². The molecule has 0 saturated heterocycles. The number of hydrogen-bond acceptors (Lipinski definition) is 17. The number of rotatable bonds is 56. The van der Waals surface area contributed by atoms with Gasteiger partial charge < -0.3 is 87.9 Å². The van der Waals surface area contributed by atoms with Gasteiger partial charge in [0.25, 0.3) is 0 Å². The Morgan fingerprint density at radius 1 is 0.220 bits per heavy atom. The smallest absolute Gasteiger partial charge is 0.243 e. The van der Waals surface area contributed by atoms with Crippen LogP contribution in [0.2, 0.25) is 40.2 Å². The molecule has 0 aromatic heterocycles. The van der Waals surface area contributed by atoms with Gasteiger partial charge in [0.15, 0.2) is 0 Å². The van der Waals surface area contributed by atoms with E-state index >= 15 is 43.2 Å². The highest BCUT2D eigenvalue weighted by Gasteiger charge is 2.40. The summed E-state index contributed by atoms with van der Waals surface area (Å²) in [5, 5.41) is 6.33. The molecule has 8 rings (SSSR count). The van der Waals surface area contributed by atoms with Gasteiger partial charge in [-0.25, -0.2) is 0 Å². The lowest BCUT2D eigenvalue weighted by Gasteiger charge is -2.38. The van der Waals surface area contributed by atoms with E-state index in [1.165, 1.54) is 53.9 Å². The molecular weight excluding hydrogens is 1960 g/mol. The number of carbonyl (C=O) groups excluding carboxylic acids is 12. The standard InChI is InChI=1S/C104H131Cl8N17O12/c1-69(77-17-33-85(105)34-18-77)122(58-93(117)130)101(138)66-127(74(6)82-27-43-90(110)44-28-82)98(135)59-119(54-14-10-50-114)96(133)63-125(72(4)80-23-39-88(108)40-24-80)103(140)68-129(76(8)84-31-47-92(112)48-32-84)100(137)61-121(56-16-12-52-116)97(134)64-126(73(5)81-25-41-89(109)42-26-81)104(141)67-128(75(7)83-29-45-91(111)46-30-83)99(136)60-120(55-15-11-51-115)95(132)62-124(71(3)79-21-37-87(107)38-22-79)102(139)65-123(94(131)57-118-53-13-9-49-113)70(2)78-19-35-86(106)36-20-78/h17-48,69-76,118H,9-16,49-68,113-116H2,1-8H3,(H2,117,130)/t69-,70-,71-,72-,73-,74-,75-,76-/m1/s1. The van der Waals surface area contributed by atoms with Crippen LogP contribution < -0.4 is 34.0 Å². The van der Waals surface area contributed by atoms with E-state index in [-0.39, 0.29) is 58.7 Å². The Morgan fingerprint density at radius 2 is 0.376 bits per heavy atom. The topological polar surface area (TPSA) is 383 Å². The maximum Gasteiger partial charge on any atom is 0.243 e. The number of nitrogens with one attached hydrogen (secondary N) is 1. The van der Waals surface area contributed by atoms with Crippen LogP contribution in [0.15, 0.2) is 194 Å². The Morgan fingerprint density at radius 3 is 0.553 bits per heavy atom. The van der Waals surface area contributed by atoms with Crippen LogP contribution in [-0.2, 0) is 57.5 Å². The summed E-state index contributed by atoms with van der Waals surface area (Å²) < 4.78 is 0.